The molecule has 0 aromatic heterocycles. The number of rotatable bonds is 2. The second kappa shape index (κ2) is 3.65. The Morgan fingerprint density at radius 1 is 1.67 bits per heavy atom. The smallest absolute Gasteiger partial charge is 0.143 e. The molecule has 0 heterocycles. The van der Waals surface area contributed by atoms with Crippen molar-refractivity contribution < 1.29 is 9.59 Å². The Hall–Kier alpha value is -0.920. The highest BCUT2D eigenvalue weighted by atomic mass is 16.1. The monoisotopic (exact) mass is 166 g/mol. The summed E-state index contributed by atoms with van der Waals surface area (Å²) in [5, 5.41) is 0. The van der Waals surface area contributed by atoms with Crippen LogP contribution in [0.4, 0.5) is 0 Å². The minimum absolute atomic E-state index is 0.0995. The Morgan fingerprint density at radius 2 is 2.33 bits per heavy atom. The van der Waals surface area contributed by atoms with Crippen molar-refractivity contribution in [2.24, 2.45) is 11.8 Å². The maximum atomic E-state index is 11.1. The molecule has 1 aliphatic rings. The molecule has 2 atom stereocenters. The molecule has 2 unspecified atom stereocenters. The predicted molar refractivity (Wildman–Crippen MR) is 46.7 cm³/mol. The summed E-state index contributed by atoms with van der Waals surface area (Å²) in [6.07, 6.45) is 2.87. The van der Waals surface area contributed by atoms with Gasteiger partial charge in [-0.25, -0.2) is 0 Å². The van der Waals surface area contributed by atoms with Gasteiger partial charge in [0.15, 0.2) is 0 Å². The first kappa shape index (κ1) is 9.17. The average Bonchev–Trinajstić information content (AvgIpc) is 2.05. The van der Waals surface area contributed by atoms with Gasteiger partial charge in [0.1, 0.15) is 12.1 Å². The highest BCUT2D eigenvalue weighted by Gasteiger charge is 2.28. The van der Waals surface area contributed by atoms with Crippen LogP contribution in [0.25, 0.3) is 0 Å². The molecule has 1 rings (SSSR count). The number of allylic oxidation sites excluding steroid dienone is 1. The number of ketones is 1. The SMILES string of the molecule is C=C(C)C1CCC(=O)C(C=O)C1. The van der Waals surface area contributed by atoms with Crippen LogP contribution in [0.5, 0.6) is 0 Å². The van der Waals surface area contributed by atoms with Crippen LogP contribution in [-0.2, 0) is 9.59 Å². The number of carbonyl (C=O) groups is 2. The molecule has 1 fully saturated rings. The van der Waals surface area contributed by atoms with Gasteiger partial charge in [-0.15, -0.1) is 0 Å². The molecule has 66 valence electrons. The molecule has 0 aromatic carbocycles. The van der Waals surface area contributed by atoms with E-state index in [0.29, 0.717) is 18.8 Å². The Morgan fingerprint density at radius 3 is 2.83 bits per heavy atom. The quantitative estimate of drug-likeness (QED) is 0.356. The molecular weight excluding hydrogens is 152 g/mol. The van der Waals surface area contributed by atoms with Gasteiger partial charge in [-0.2, -0.15) is 0 Å². The lowest BCUT2D eigenvalue weighted by Gasteiger charge is -2.24. The van der Waals surface area contributed by atoms with Gasteiger partial charge >= 0.3 is 0 Å². The lowest BCUT2D eigenvalue weighted by molar-refractivity contribution is -0.129. The van der Waals surface area contributed by atoms with Crippen LogP contribution in [0.2, 0.25) is 0 Å². The molecule has 0 saturated heterocycles. The maximum Gasteiger partial charge on any atom is 0.143 e. The number of carbonyl (C=O) groups excluding carboxylic acids is 2. The third-order valence-corrected chi connectivity index (χ3v) is 2.55. The zero-order chi connectivity index (χ0) is 9.14. The lowest BCUT2D eigenvalue weighted by Crippen LogP contribution is -2.26. The lowest BCUT2D eigenvalue weighted by atomic mass is 9.78. The first-order chi connectivity index (χ1) is 5.65. The van der Waals surface area contributed by atoms with E-state index < -0.39 is 0 Å². The molecule has 0 radical (unpaired) electrons. The van der Waals surface area contributed by atoms with E-state index in [-0.39, 0.29) is 11.7 Å². The van der Waals surface area contributed by atoms with Gasteiger partial charge in [0, 0.05) is 6.42 Å². The van der Waals surface area contributed by atoms with Crippen LogP contribution in [-0.4, -0.2) is 12.1 Å². The molecule has 2 heteroatoms. The zero-order valence-corrected chi connectivity index (χ0v) is 7.38. The molecule has 0 N–H and O–H groups in total. The van der Waals surface area contributed by atoms with Crippen LogP contribution in [0.3, 0.4) is 0 Å². The van der Waals surface area contributed by atoms with E-state index in [0.717, 1.165) is 18.3 Å². The van der Waals surface area contributed by atoms with Crippen molar-refractivity contribution in [2.45, 2.75) is 26.2 Å². The summed E-state index contributed by atoms with van der Waals surface area (Å²) in [7, 11) is 0. The minimum Gasteiger partial charge on any atom is -0.303 e. The molecule has 0 amide bonds. The topological polar surface area (TPSA) is 34.1 Å². The molecule has 0 aliphatic heterocycles. The highest BCUT2D eigenvalue weighted by molar-refractivity contribution is 5.93. The number of Topliss-reactive ketones (excluding diaryl/α,β-unsaturated/α-hetero) is 1. The zero-order valence-electron chi connectivity index (χ0n) is 7.38. The van der Waals surface area contributed by atoms with Crippen molar-refractivity contribution in [3.63, 3.8) is 0 Å². The Kier molecular flexibility index (Phi) is 2.79. The largest absolute Gasteiger partial charge is 0.303 e. The van der Waals surface area contributed by atoms with Gasteiger partial charge in [-0.3, -0.25) is 4.79 Å². The maximum absolute atomic E-state index is 11.1. The van der Waals surface area contributed by atoms with Crippen LogP contribution in [0, 0.1) is 11.8 Å². The fourth-order valence-corrected chi connectivity index (χ4v) is 1.64. The number of hydrogen-bond donors (Lipinski definition) is 0. The molecule has 2 nitrogen and oxygen atoms in total. The summed E-state index contributed by atoms with van der Waals surface area (Å²) in [5.74, 6) is 0.112. The normalized spacial score (nSPS) is 29.9. The van der Waals surface area contributed by atoms with Crippen molar-refractivity contribution in [1.29, 1.82) is 0 Å². The molecule has 0 spiro atoms. The third-order valence-electron chi connectivity index (χ3n) is 2.55. The summed E-state index contributed by atoms with van der Waals surface area (Å²) in [6.45, 7) is 5.81. The molecular formula is C10H14O2. The summed E-state index contributed by atoms with van der Waals surface area (Å²) >= 11 is 0. The third kappa shape index (κ3) is 1.81. The van der Waals surface area contributed by atoms with E-state index in [4.69, 9.17) is 0 Å². The standard InChI is InChI=1S/C10H14O2/c1-7(2)8-3-4-10(12)9(5-8)6-11/h6,8-9H,1,3-5H2,2H3. The predicted octanol–water partition coefficient (Wildman–Crippen LogP) is 1.75. The summed E-state index contributed by atoms with van der Waals surface area (Å²) in [4.78, 5) is 21.6. The minimum atomic E-state index is -0.361. The average molecular weight is 166 g/mol. The van der Waals surface area contributed by atoms with Crippen molar-refractivity contribution >= 4 is 12.1 Å². The van der Waals surface area contributed by atoms with E-state index in [1.165, 1.54) is 0 Å². The van der Waals surface area contributed by atoms with Gasteiger partial charge in [0.25, 0.3) is 0 Å². The summed E-state index contributed by atoms with van der Waals surface area (Å²) in [5.41, 5.74) is 1.09. The highest BCUT2D eigenvalue weighted by Crippen LogP contribution is 2.29. The molecule has 12 heavy (non-hydrogen) atoms. The number of aldehydes is 1. The van der Waals surface area contributed by atoms with Gasteiger partial charge < -0.3 is 4.79 Å². The van der Waals surface area contributed by atoms with E-state index in [9.17, 15) is 9.59 Å². The van der Waals surface area contributed by atoms with Crippen molar-refractivity contribution in [3.05, 3.63) is 12.2 Å². The van der Waals surface area contributed by atoms with Crippen LogP contribution in [0.1, 0.15) is 26.2 Å². The molecule has 0 aromatic rings. The Labute approximate surface area is 72.7 Å². The van der Waals surface area contributed by atoms with Crippen LogP contribution < -0.4 is 0 Å². The van der Waals surface area contributed by atoms with Gasteiger partial charge in [-0.1, -0.05) is 12.2 Å². The fraction of sp³-hybridized carbons (Fsp3) is 0.600. The van der Waals surface area contributed by atoms with Gasteiger partial charge in [0.05, 0.1) is 5.92 Å². The van der Waals surface area contributed by atoms with Crippen LogP contribution >= 0.6 is 0 Å². The van der Waals surface area contributed by atoms with E-state index in [1.54, 1.807) is 0 Å². The van der Waals surface area contributed by atoms with E-state index >= 15 is 0 Å². The van der Waals surface area contributed by atoms with Crippen LogP contribution in [0.15, 0.2) is 12.2 Å². The van der Waals surface area contributed by atoms with Crippen molar-refractivity contribution in [2.75, 3.05) is 0 Å². The Bertz CT molecular complexity index is 218. The van der Waals surface area contributed by atoms with Gasteiger partial charge in [-0.05, 0) is 25.7 Å². The van der Waals surface area contributed by atoms with Crippen molar-refractivity contribution in [1.82, 2.24) is 0 Å². The number of hydrogen-bond acceptors (Lipinski definition) is 2. The first-order valence-electron chi connectivity index (χ1n) is 4.28. The van der Waals surface area contributed by atoms with E-state index in [1.807, 2.05) is 6.92 Å². The molecule has 1 aliphatic carbocycles. The molecule has 0 bridgehead atoms. The Balaban J connectivity index is 2.61. The second-order valence-electron chi connectivity index (χ2n) is 3.53. The fourth-order valence-electron chi connectivity index (χ4n) is 1.64. The van der Waals surface area contributed by atoms with Crippen molar-refractivity contribution in [3.8, 4) is 0 Å². The summed E-state index contributed by atoms with van der Waals surface area (Å²) in [6, 6.07) is 0. The van der Waals surface area contributed by atoms with Gasteiger partial charge in [0.2, 0.25) is 0 Å². The second-order valence-corrected chi connectivity index (χ2v) is 3.53. The first-order valence-corrected chi connectivity index (χ1v) is 4.28. The van der Waals surface area contributed by atoms with E-state index in [2.05, 4.69) is 6.58 Å². The summed E-state index contributed by atoms with van der Waals surface area (Å²) < 4.78 is 0. The molecule has 1 saturated carbocycles.